The molecule has 214 valence electrons. The average Bonchev–Trinajstić information content (AvgIpc) is 2.97. The molecule has 0 aliphatic carbocycles. The van der Waals surface area contributed by atoms with Gasteiger partial charge in [0.15, 0.2) is 0 Å². The lowest BCUT2D eigenvalue weighted by molar-refractivity contribution is 0.0730. The summed E-state index contributed by atoms with van der Waals surface area (Å²) in [5.74, 6) is 0.321. The van der Waals surface area contributed by atoms with Crippen LogP contribution in [0.3, 0.4) is 0 Å². The Kier molecular flexibility index (Phi) is 8.83. The van der Waals surface area contributed by atoms with Gasteiger partial charge in [-0.3, -0.25) is 9.52 Å². The van der Waals surface area contributed by atoms with Crippen molar-refractivity contribution in [1.82, 2.24) is 4.31 Å². The minimum absolute atomic E-state index is 0.00167. The van der Waals surface area contributed by atoms with Crippen LogP contribution >= 0.6 is 0 Å². The van der Waals surface area contributed by atoms with Crippen LogP contribution in [-0.4, -0.2) is 74.7 Å². The van der Waals surface area contributed by atoms with Crippen molar-refractivity contribution in [1.29, 1.82) is 0 Å². The summed E-state index contributed by atoms with van der Waals surface area (Å²) in [5, 5.41) is 2.65. The molecule has 3 aromatic carbocycles. The molecule has 1 fully saturated rings. The second kappa shape index (κ2) is 12.1. The van der Waals surface area contributed by atoms with Crippen LogP contribution < -0.4 is 24.2 Å². The van der Waals surface area contributed by atoms with Gasteiger partial charge in [-0.25, -0.2) is 16.8 Å². The molecule has 3 aromatic rings. The Morgan fingerprint density at radius 3 is 2.08 bits per heavy atom. The number of hydrogen-bond acceptors (Lipinski definition) is 9. The molecule has 1 amide bonds. The van der Waals surface area contributed by atoms with Crippen molar-refractivity contribution in [3.8, 4) is 17.2 Å². The highest BCUT2D eigenvalue weighted by atomic mass is 32.2. The van der Waals surface area contributed by atoms with Gasteiger partial charge < -0.3 is 24.3 Å². The molecule has 1 aliphatic rings. The van der Waals surface area contributed by atoms with Crippen LogP contribution in [0.2, 0.25) is 0 Å². The van der Waals surface area contributed by atoms with Crippen molar-refractivity contribution in [2.24, 2.45) is 0 Å². The van der Waals surface area contributed by atoms with E-state index in [9.17, 15) is 21.6 Å². The molecule has 0 unspecified atom stereocenters. The number of sulfonamides is 2. The maximum atomic E-state index is 13.1. The molecule has 40 heavy (non-hydrogen) atoms. The summed E-state index contributed by atoms with van der Waals surface area (Å²) in [5.41, 5.74) is 0.510. The summed E-state index contributed by atoms with van der Waals surface area (Å²) in [6.07, 6.45) is 0. The molecule has 2 N–H and O–H groups in total. The van der Waals surface area contributed by atoms with Gasteiger partial charge in [-0.2, -0.15) is 4.31 Å². The number of morpholine rings is 1. The Morgan fingerprint density at radius 2 is 1.45 bits per heavy atom. The summed E-state index contributed by atoms with van der Waals surface area (Å²) < 4.78 is 76.7. The molecule has 1 aliphatic heterocycles. The SMILES string of the molecule is COc1ccc(NS(=O)(=O)c2ccc(NC(=O)c3cc(S(=O)(=O)N4CCOCC4)ccc3OC)cc2)c(OC)c1. The number of methoxy groups -OCH3 is 3. The number of carbonyl (C=O) groups excluding carboxylic acids is 1. The van der Waals surface area contributed by atoms with Crippen molar-refractivity contribution in [3.63, 3.8) is 0 Å². The van der Waals surface area contributed by atoms with Gasteiger partial charge in [-0.1, -0.05) is 0 Å². The van der Waals surface area contributed by atoms with E-state index in [-0.39, 0.29) is 64.5 Å². The predicted molar refractivity (Wildman–Crippen MR) is 147 cm³/mol. The summed E-state index contributed by atoms with van der Waals surface area (Å²) in [6.45, 7) is 1.01. The van der Waals surface area contributed by atoms with E-state index in [0.29, 0.717) is 5.75 Å². The zero-order chi connectivity index (χ0) is 28.9. The van der Waals surface area contributed by atoms with Crippen LogP contribution in [0.15, 0.2) is 70.5 Å². The Hall–Kier alpha value is -3.85. The first-order valence-corrected chi connectivity index (χ1v) is 14.9. The van der Waals surface area contributed by atoms with Crippen molar-refractivity contribution in [2.45, 2.75) is 9.79 Å². The van der Waals surface area contributed by atoms with E-state index < -0.39 is 26.0 Å². The number of rotatable bonds is 10. The van der Waals surface area contributed by atoms with Crippen molar-refractivity contribution >= 4 is 37.3 Å². The van der Waals surface area contributed by atoms with E-state index in [1.165, 1.54) is 74.2 Å². The van der Waals surface area contributed by atoms with E-state index in [1.807, 2.05) is 0 Å². The van der Waals surface area contributed by atoms with Gasteiger partial charge in [-0.15, -0.1) is 0 Å². The van der Waals surface area contributed by atoms with Gasteiger partial charge in [-0.05, 0) is 54.6 Å². The van der Waals surface area contributed by atoms with Gasteiger partial charge in [0.2, 0.25) is 10.0 Å². The highest BCUT2D eigenvalue weighted by Crippen LogP contribution is 2.31. The molecular formula is C26H29N3O9S2. The Balaban J connectivity index is 1.52. The van der Waals surface area contributed by atoms with Gasteiger partial charge >= 0.3 is 0 Å². The normalized spacial score (nSPS) is 14.3. The monoisotopic (exact) mass is 591 g/mol. The van der Waals surface area contributed by atoms with E-state index >= 15 is 0 Å². The van der Waals surface area contributed by atoms with Crippen LogP contribution in [0.25, 0.3) is 0 Å². The summed E-state index contributed by atoms with van der Waals surface area (Å²) in [6, 6.07) is 14.2. The third-order valence-corrected chi connectivity index (χ3v) is 9.37. The molecular weight excluding hydrogens is 562 g/mol. The van der Waals surface area contributed by atoms with Crippen LogP contribution in [0.4, 0.5) is 11.4 Å². The van der Waals surface area contributed by atoms with Crippen molar-refractivity contribution in [3.05, 3.63) is 66.2 Å². The number of anilines is 2. The number of carbonyl (C=O) groups is 1. The fourth-order valence-electron chi connectivity index (χ4n) is 3.96. The van der Waals surface area contributed by atoms with Gasteiger partial charge in [0.05, 0.1) is 55.6 Å². The molecule has 1 heterocycles. The van der Waals surface area contributed by atoms with E-state index in [0.717, 1.165) is 0 Å². The zero-order valence-electron chi connectivity index (χ0n) is 22.0. The average molecular weight is 592 g/mol. The molecule has 12 nitrogen and oxygen atoms in total. The van der Waals surface area contributed by atoms with Crippen LogP contribution in [-0.2, 0) is 24.8 Å². The molecule has 0 atom stereocenters. The minimum atomic E-state index is -3.99. The minimum Gasteiger partial charge on any atom is -0.497 e. The fraction of sp³-hybridized carbons (Fsp3) is 0.269. The van der Waals surface area contributed by atoms with Crippen LogP contribution in [0.5, 0.6) is 17.2 Å². The summed E-state index contributed by atoms with van der Waals surface area (Å²) in [7, 11) is -3.57. The first kappa shape index (κ1) is 29.1. The van der Waals surface area contributed by atoms with E-state index in [4.69, 9.17) is 18.9 Å². The number of ether oxygens (including phenoxy) is 4. The third-order valence-electron chi connectivity index (χ3n) is 6.10. The molecule has 0 saturated carbocycles. The number of amides is 1. The third kappa shape index (κ3) is 6.31. The Morgan fingerprint density at radius 1 is 0.800 bits per heavy atom. The second-order valence-electron chi connectivity index (χ2n) is 8.53. The van der Waals surface area contributed by atoms with E-state index in [1.54, 1.807) is 12.1 Å². The molecule has 0 spiro atoms. The van der Waals surface area contributed by atoms with Crippen molar-refractivity contribution < 1.29 is 40.6 Å². The zero-order valence-corrected chi connectivity index (χ0v) is 23.7. The molecule has 0 bridgehead atoms. The first-order valence-electron chi connectivity index (χ1n) is 12.0. The first-order chi connectivity index (χ1) is 19.1. The lowest BCUT2D eigenvalue weighted by atomic mass is 10.2. The number of benzene rings is 3. The highest BCUT2D eigenvalue weighted by molar-refractivity contribution is 7.92. The fourth-order valence-corrected chi connectivity index (χ4v) is 6.47. The van der Waals surface area contributed by atoms with Crippen LogP contribution in [0.1, 0.15) is 10.4 Å². The number of nitrogens with zero attached hydrogens (tertiary/aromatic N) is 1. The van der Waals surface area contributed by atoms with E-state index in [2.05, 4.69) is 10.0 Å². The standard InChI is InChI=1S/C26H29N3O9S2/c1-35-19-6-10-23(25(16-19)37-3)28-39(31,32)20-7-4-18(5-8-20)27-26(30)22-17-21(9-11-24(22)36-2)40(33,34)29-12-14-38-15-13-29/h4-11,16-17,28H,12-15H2,1-3H3,(H,27,30). The molecule has 0 aromatic heterocycles. The highest BCUT2D eigenvalue weighted by Gasteiger charge is 2.28. The maximum absolute atomic E-state index is 13.1. The number of nitrogens with one attached hydrogen (secondary N) is 2. The van der Waals surface area contributed by atoms with Gasteiger partial charge in [0.25, 0.3) is 15.9 Å². The quantitative estimate of drug-likeness (QED) is 0.363. The molecule has 4 rings (SSSR count). The largest absolute Gasteiger partial charge is 0.497 e. The lowest BCUT2D eigenvalue weighted by Crippen LogP contribution is -2.40. The predicted octanol–water partition coefficient (Wildman–Crippen LogP) is 2.79. The molecule has 1 saturated heterocycles. The van der Waals surface area contributed by atoms with Crippen LogP contribution in [0, 0.1) is 0 Å². The molecule has 14 heteroatoms. The van der Waals surface area contributed by atoms with Gasteiger partial charge in [0, 0.05) is 24.8 Å². The summed E-state index contributed by atoms with van der Waals surface area (Å²) >= 11 is 0. The lowest BCUT2D eigenvalue weighted by Gasteiger charge is -2.26. The summed E-state index contributed by atoms with van der Waals surface area (Å²) in [4.78, 5) is 13.0. The topological polar surface area (TPSA) is 150 Å². The van der Waals surface area contributed by atoms with Crippen molar-refractivity contribution in [2.75, 3.05) is 57.7 Å². The number of hydrogen-bond donors (Lipinski definition) is 2. The maximum Gasteiger partial charge on any atom is 0.262 e. The second-order valence-corrected chi connectivity index (χ2v) is 12.1. The Labute approximate surface area is 232 Å². The van der Waals surface area contributed by atoms with Gasteiger partial charge in [0.1, 0.15) is 17.2 Å². The smallest absolute Gasteiger partial charge is 0.262 e. The Bertz CT molecular complexity index is 1590. The molecule has 0 radical (unpaired) electrons.